The molecule has 1 heterocycles. The van der Waals surface area contributed by atoms with Gasteiger partial charge in [-0.3, -0.25) is 10.1 Å². The average molecular weight is 447 g/mol. The quantitative estimate of drug-likeness (QED) is 0.529. The molecule has 0 spiro atoms. The van der Waals surface area contributed by atoms with Crippen LogP contribution in [0.15, 0.2) is 58.4 Å². The first-order valence-electron chi connectivity index (χ1n) is 8.47. The molecule has 1 aromatic heterocycles. The Hall–Kier alpha value is -2.38. The molecule has 1 amide bonds. The number of amides is 1. The molecule has 1 unspecified atom stereocenters. The highest BCUT2D eigenvalue weighted by molar-refractivity contribution is 9.10. The Labute approximate surface area is 170 Å². The molecule has 0 aliphatic heterocycles. The largest absolute Gasteiger partial charge is 0.493 e. The number of rotatable bonds is 7. The molecule has 1 atom stereocenters. The molecule has 27 heavy (non-hydrogen) atoms. The first kappa shape index (κ1) is 19.4. The standard InChI is InChI=1S/C20H19BrN2O3S/c1-3-25-18-10-5-4-9-16(18)17-12-27-20(22-17)23-19(24)13(2)26-15-8-6-7-14(21)11-15/h4-13H,3H2,1-2H3,(H,22,23,24). The van der Waals surface area contributed by atoms with Crippen LogP contribution in [0.2, 0.25) is 0 Å². The normalized spacial score (nSPS) is 11.7. The Morgan fingerprint density at radius 3 is 2.85 bits per heavy atom. The maximum atomic E-state index is 12.4. The fraction of sp³-hybridized carbons (Fsp3) is 0.200. The van der Waals surface area contributed by atoms with Crippen LogP contribution in [0.5, 0.6) is 11.5 Å². The van der Waals surface area contributed by atoms with Gasteiger partial charge in [-0.2, -0.15) is 0 Å². The zero-order chi connectivity index (χ0) is 19.2. The lowest BCUT2D eigenvalue weighted by atomic mass is 10.1. The summed E-state index contributed by atoms with van der Waals surface area (Å²) >= 11 is 4.75. The summed E-state index contributed by atoms with van der Waals surface area (Å²) < 4.78 is 12.2. The van der Waals surface area contributed by atoms with Crippen LogP contribution in [0.1, 0.15) is 13.8 Å². The molecule has 3 aromatic rings. The monoisotopic (exact) mass is 446 g/mol. The minimum atomic E-state index is -0.651. The number of carbonyl (C=O) groups is 1. The van der Waals surface area contributed by atoms with E-state index in [1.807, 2.05) is 54.8 Å². The van der Waals surface area contributed by atoms with E-state index in [0.29, 0.717) is 17.5 Å². The van der Waals surface area contributed by atoms with Crippen molar-refractivity contribution in [1.82, 2.24) is 4.98 Å². The number of ether oxygens (including phenoxy) is 2. The van der Waals surface area contributed by atoms with Gasteiger partial charge in [0, 0.05) is 15.4 Å². The van der Waals surface area contributed by atoms with Crippen molar-refractivity contribution in [3.8, 4) is 22.8 Å². The average Bonchev–Trinajstić information content (AvgIpc) is 3.10. The van der Waals surface area contributed by atoms with E-state index in [4.69, 9.17) is 9.47 Å². The summed E-state index contributed by atoms with van der Waals surface area (Å²) in [6.07, 6.45) is -0.651. The van der Waals surface area contributed by atoms with Gasteiger partial charge in [0.15, 0.2) is 11.2 Å². The first-order chi connectivity index (χ1) is 13.1. The lowest BCUT2D eigenvalue weighted by Crippen LogP contribution is -2.30. The molecule has 0 aliphatic rings. The third-order valence-corrected chi connectivity index (χ3v) is 4.93. The van der Waals surface area contributed by atoms with Crippen LogP contribution in [0.25, 0.3) is 11.3 Å². The van der Waals surface area contributed by atoms with Crippen LogP contribution in [-0.4, -0.2) is 23.6 Å². The van der Waals surface area contributed by atoms with Gasteiger partial charge in [0.25, 0.3) is 5.91 Å². The van der Waals surface area contributed by atoms with E-state index in [0.717, 1.165) is 21.5 Å². The molecule has 3 rings (SSSR count). The van der Waals surface area contributed by atoms with Gasteiger partial charge < -0.3 is 9.47 Å². The molecule has 0 saturated heterocycles. The van der Waals surface area contributed by atoms with Crippen LogP contribution in [-0.2, 0) is 4.79 Å². The Morgan fingerprint density at radius 1 is 1.26 bits per heavy atom. The van der Waals surface area contributed by atoms with Crippen LogP contribution in [0, 0.1) is 0 Å². The summed E-state index contributed by atoms with van der Waals surface area (Å²) in [5.41, 5.74) is 1.66. The second-order valence-electron chi connectivity index (χ2n) is 5.67. The maximum absolute atomic E-state index is 12.4. The predicted molar refractivity (Wildman–Crippen MR) is 112 cm³/mol. The first-order valence-corrected chi connectivity index (χ1v) is 10.1. The highest BCUT2D eigenvalue weighted by atomic mass is 79.9. The molecule has 0 radical (unpaired) electrons. The SMILES string of the molecule is CCOc1ccccc1-c1csc(NC(=O)C(C)Oc2cccc(Br)c2)n1. The third kappa shape index (κ3) is 5.08. The third-order valence-electron chi connectivity index (χ3n) is 3.68. The van der Waals surface area contributed by atoms with Crippen molar-refractivity contribution in [1.29, 1.82) is 0 Å². The lowest BCUT2D eigenvalue weighted by Gasteiger charge is -2.13. The zero-order valence-corrected chi connectivity index (χ0v) is 17.3. The second-order valence-corrected chi connectivity index (χ2v) is 7.45. The van der Waals surface area contributed by atoms with Gasteiger partial charge in [0.1, 0.15) is 11.5 Å². The number of nitrogens with one attached hydrogen (secondary N) is 1. The summed E-state index contributed by atoms with van der Waals surface area (Å²) in [5, 5.41) is 5.22. The van der Waals surface area contributed by atoms with Gasteiger partial charge >= 0.3 is 0 Å². The van der Waals surface area contributed by atoms with E-state index in [1.165, 1.54) is 11.3 Å². The molecule has 0 aliphatic carbocycles. The van der Waals surface area contributed by atoms with Crippen molar-refractivity contribution in [2.45, 2.75) is 20.0 Å². The van der Waals surface area contributed by atoms with Crippen molar-refractivity contribution < 1.29 is 14.3 Å². The Morgan fingerprint density at radius 2 is 2.07 bits per heavy atom. The summed E-state index contributed by atoms with van der Waals surface area (Å²) in [5.74, 6) is 1.14. The van der Waals surface area contributed by atoms with E-state index >= 15 is 0 Å². The smallest absolute Gasteiger partial charge is 0.266 e. The van der Waals surface area contributed by atoms with Gasteiger partial charge in [-0.1, -0.05) is 34.1 Å². The van der Waals surface area contributed by atoms with Gasteiger partial charge in [-0.25, -0.2) is 4.98 Å². The molecule has 0 fully saturated rings. The number of halogens is 1. The van der Waals surface area contributed by atoms with Crippen molar-refractivity contribution in [3.63, 3.8) is 0 Å². The van der Waals surface area contributed by atoms with Crippen LogP contribution < -0.4 is 14.8 Å². The van der Waals surface area contributed by atoms with Crippen LogP contribution >= 0.6 is 27.3 Å². The summed E-state index contributed by atoms with van der Waals surface area (Å²) in [4.78, 5) is 16.9. The van der Waals surface area contributed by atoms with Crippen LogP contribution in [0.4, 0.5) is 5.13 Å². The fourth-order valence-electron chi connectivity index (χ4n) is 2.42. The molecule has 0 saturated carbocycles. The Balaban J connectivity index is 1.67. The van der Waals surface area contributed by atoms with E-state index in [2.05, 4.69) is 26.2 Å². The molecule has 5 nitrogen and oxygen atoms in total. The number of hydrogen-bond acceptors (Lipinski definition) is 5. The van der Waals surface area contributed by atoms with E-state index in [9.17, 15) is 4.79 Å². The number of thiazole rings is 1. The number of carbonyl (C=O) groups excluding carboxylic acids is 1. The van der Waals surface area contributed by atoms with Gasteiger partial charge in [-0.05, 0) is 44.2 Å². The van der Waals surface area contributed by atoms with Gasteiger partial charge in [-0.15, -0.1) is 11.3 Å². The van der Waals surface area contributed by atoms with Crippen molar-refractivity contribution in [3.05, 3.63) is 58.4 Å². The fourth-order valence-corrected chi connectivity index (χ4v) is 3.51. The number of hydrogen-bond donors (Lipinski definition) is 1. The number of para-hydroxylation sites is 1. The van der Waals surface area contributed by atoms with Crippen molar-refractivity contribution >= 4 is 38.3 Å². The lowest BCUT2D eigenvalue weighted by molar-refractivity contribution is -0.122. The van der Waals surface area contributed by atoms with Crippen molar-refractivity contribution in [2.75, 3.05) is 11.9 Å². The summed E-state index contributed by atoms with van der Waals surface area (Å²) in [6, 6.07) is 15.1. The molecule has 2 aromatic carbocycles. The Bertz CT molecular complexity index is 929. The van der Waals surface area contributed by atoms with Crippen molar-refractivity contribution in [2.24, 2.45) is 0 Å². The molecule has 0 bridgehead atoms. The molecule has 1 N–H and O–H groups in total. The predicted octanol–water partition coefficient (Wildman–Crippen LogP) is 5.38. The molecule has 140 valence electrons. The molecular formula is C20H19BrN2O3S. The van der Waals surface area contributed by atoms with E-state index in [-0.39, 0.29) is 5.91 Å². The summed E-state index contributed by atoms with van der Waals surface area (Å²) in [6.45, 7) is 4.22. The molecule has 7 heteroatoms. The van der Waals surface area contributed by atoms with Crippen LogP contribution in [0.3, 0.4) is 0 Å². The van der Waals surface area contributed by atoms with Gasteiger partial charge in [0.05, 0.1) is 12.3 Å². The number of anilines is 1. The zero-order valence-electron chi connectivity index (χ0n) is 14.9. The van der Waals surface area contributed by atoms with E-state index in [1.54, 1.807) is 13.0 Å². The minimum Gasteiger partial charge on any atom is -0.493 e. The highest BCUT2D eigenvalue weighted by Gasteiger charge is 2.17. The van der Waals surface area contributed by atoms with Gasteiger partial charge in [0.2, 0.25) is 0 Å². The maximum Gasteiger partial charge on any atom is 0.266 e. The number of aromatic nitrogens is 1. The second kappa shape index (κ2) is 9.01. The molecular weight excluding hydrogens is 428 g/mol. The topological polar surface area (TPSA) is 60.5 Å². The highest BCUT2D eigenvalue weighted by Crippen LogP contribution is 2.32. The number of nitrogens with zero attached hydrogens (tertiary/aromatic N) is 1. The summed E-state index contributed by atoms with van der Waals surface area (Å²) in [7, 11) is 0. The van der Waals surface area contributed by atoms with E-state index < -0.39 is 6.10 Å². The Kier molecular flexibility index (Phi) is 6.47. The number of benzene rings is 2. The minimum absolute atomic E-state index is 0.256.